The maximum Gasteiger partial charge on any atom is 0.159 e. The van der Waals surface area contributed by atoms with Crippen LogP contribution in [-0.2, 0) is 0 Å². The second-order valence-corrected chi connectivity index (χ2v) is 14.5. The number of rotatable bonds is 4. The SMILES string of the molecule is c1ccc(-c2cccc3c2c2cc(-c4ccc5c(c4)c4ccc6ccccc6c4n5-c4ccccc4)ccc2n3-c2cccc3c2oc2ccccc23)cc1. The lowest BCUT2D eigenvalue weighted by atomic mass is 9.97. The van der Waals surface area contributed by atoms with Crippen LogP contribution in [0.5, 0.6) is 0 Å². The Kier molecular flexibility index (Phi) is 6.34. The fourth-order valence-corrected chi connectivity index (χ4v) is 9.08. The number of benzene rings is 9. The van der Waals surface area contributed by atoms with Crippen LogP contribution in [-0.4, -0.2) is 9.13 Å². The van der Waals surface area contributed by atoms with Crippen molar-refractivity contribution in [3.05, 3.63) is 194 Å². The van der Waals surface area contributed by atoms with Crippen LogP contribution in [0.1, 0.15) is 0 Å². The Labute approximate surface area is 316 Å². The normalized spacial score (nSPS) is 12.0. The average Bonchev–Trinajstić information content (AvgIpc) is 3.92. The number of para-hydroxylation sites is 3. The monoisotopic (exact) mass is 700 g/mol. The zero-order valence-corrected chi connectivity index (χ0v) is 29.8. The van der Waals surface area contributed by atoms with Gasteiger partial charge in [0.15, 0.2) is 5.58 Å². The van der Waals surface area contributed by atoms with Crippen molar-refractivity contribution in [2.45, 2.75) is 0 Å². The summed E-state index contributed by atoms with van der Waals surface area (Å²) in [5, 5.41) is 9.67. The molecule has 0 aliphatic rings. The highest BCUT2D eigenvalue weighted by atomic mass is 16.3. The largest absolute Gasteiger partial charge is 0.454 e. The van der Waals surface area contributed by atoms with E-state index in [0.717, 1.165) is 44.3 Å². The molecule has 0 bridgehead atoms. The van der Waals surface area contributed by atoms with Crippen LogP contribution in [0.2, 0.25) is 0 Å². The minimum absolute atomic E-state index is 0.893. The van der Waals surface area contributed by atoms with Crippen molar-refractivity contribution in [3.8, 4) is 33.6 Å². The summed E-state index contributed by atoms with van der Waals surface area (Å²) in [5.41, 5.74) is 13.5. The third-order valence-electron chi connectivity index (χ3n) is 11.5. The predicted molar refractivity (Wildman–Crippen MR) is 231 cm³/mol. The first-order valence-corrected chi connectivity index (χ1v) is 18.9. The summed E-state index contributed by atoms with van der Waals surface area (Å²) in [7, 11) is 0. The van der Waals surface area contributed by atoms with Crippen LogP contribution in [0, 0.1) is 0 Å². The van der Waals surface area contributed by atoms with E-state index in [0.29, 0.717) is 0 Å². The first-order valence-electron chi connectivity index (χ1n) is 18.9. The quantitative estimate of drug-likeness (QED) is 0.179. The van der Waals surface area contributed by atoms with Gasteiger partial charge in [-0.3, -0.25) is 0 Å². The standard InChI is InChI=1S/C52H32N2O/c1-3-13-33(14-4-1)38-20-11-22-47-50(38)44-32-36(27-30-46(44)54(47)48-23-12-21-42-40-19-9-10-24-49(40)55-52(42)48)35-26-29-45-43(31-35)41-28-25-34-15-7-8-18-39(34)51(41)53(45)37-16-5-2-6-17-37/h1-32H. The van der Waals surface area contributed by atoms with Gasteiger partial charge in [-0.15, -0.1) is 0 Å². The van der Waals surface area contributed by atoms with Crippen LogP contribution in [0.4, 0.5) is 0 Å². The molecule has 0 radical (unpaired) electrons. The summed E-state index contributed by atoms with van der Waals surface area (Å²) in [6, 6.07) is 70.2. The minimum Gasteiger partial charge on any atom is -0.454 e. The van der Waals surface area contributed by atoms with Crippen LogP contribution in [0.25, 0.3) is 110 Å². The van der Waals surface area contributed by atoms with E-state index >= 15 is 0 Å². The zero-order valence-electron chi connectivity index (χ0n) is 29.8. The number of hydrogen-bond acceptors (Lipinski definition) is 1. The molecule has 0 aliphatic heterocycles. The molecule has 256 valence electrons. The molecule has 12 rings (SSSR count). The number of nitrogens with zero attached hydrogens (tertiary/aromatic N) is 2. The molecule has 0 N–H and O–H groups in total. The summed E-state index contributed by atoms with van der Waals surface area (Å²) in [5.74, 6) is 0. The molecule has 12 aromatic rings. The van der Waals surface area contributed by atoms with E-state index in [1.807, 2.05) is 6.07 Å². The van der Waals surface area contributed by atoms with Gasteiger partial charge in [0.25, 0.3) is 0 Å². The van der Waals surface area contributed by atoms with E-state index in [9.17, 15) is 0 Å². The number of aromatic nitrogens is 2. The summed E-state index contributed by atoms with van der Waals surface area (Å²) in [6.07, 6.45) is 0. The minimum atomic E-state index is 0.893. The maximum absolute atomic E-state index is 6.63. The van der Waals surface area contributed by atoms with E-state index in [1.165, 1.54) is 65.6 Å². The van der Waals surface area contributed by atoms with Gasteiger partial charge in [0.2, 0.25) is 0 Å². The lowest BCUT2D eigenvalue weighted by molar-refractivity contribution is 0.666. The fraction of sp³-hybridized carbons (Fsp3) is 0. The molecule has 0 amide bonds. The van der Waals surface area contributed by atoms with Gasteiger partial charge in [-0.1, -0.05) is 140 Å². The molecule has 3 nitrogen and oxygen atoms in total. The van der Waals surface area contributed by atoms with E-state index in [2.05, 4.69) is 197 Å². The average molecular weight is 701 g/mol. The van der Waals surface area contributed by atoms with Crippen molar-refractivity contribution < 1.29 is 4.42 Å². The van der Waals surface area contributed by atoms with E-state index in [-0.39, 0.29) is 0 Å². The van der Waals surface area contributed by atoms with Crippen molar-refractivity contribution in [2.24, 2.45) is 0 Å². The van der Waals surface area contributed by atoms with Gasteiger partial charge < -0.3 is 13.6 Å². The Balaban J connectivity index is 1.14. The molecular formula is C52H32N2O. The van der Waals surface area contributed by atoms with Crippen LogP contribution >= 0.6 is 0 Å². The van der Waals surface area contributed by atoms with E-state index in [1.54, 1.807) is 0 Å². The van der Waals surface area contributed by atoms with Crippen LogP contribution < -0.4 is 0 Å². The van der Waals surface area contributed by atoms with Crippen molar-refractivity contribution in [3.63, 3.8) is 0 Å². The highest BCUT2D eigenvalue weighted by molar-refractivity contribution is 6.20. The molecule has 0 spiro atoms. The van der Waals surface area contributed by atoms with Crippen LogP contribution in [0.3, 0.4) is 0 Å². The summed E-state index contributed by atoms with van der Waals surface area (Å²) in [6.45, 7) is 0. The van der Waals surface area contributed by atoms with E-state index in [4.69, 9.17) is 4.42 Å². The predicted octanol–water partition coefficient (Wildman–Crippen LogP) is 14.3. The topological polar surface area (TPSA) is 23.0 Å². The molecule has 0 aliphatic carbocycles. The molecule has 3 aromatic heterocycles. The Morgan fingerprint density at radius 2 is 1.04 bits per heavy atom. The Hall–Kier alpha value is -7.36. The molecule has 9 aromatic carbocycles. The Bertz CT molecular complexity index is 3470. The second-order valence-electron chi connectivity index (χ2n) is 14.5. The third kappa shape index (κ3) is 4.38. The zero-order chi connectivity index (χ0) is 36.0. The molecule has 0 atom stereocenters. The lowest BCUT2D eigenvalue weighted by Crippen LogP contribution is -1.94. The molecule has 55 heavy (non-hydrogen) atoms. The van der Waals surface area contributed by atoms with Crippen molar-refractivity contribution >= 4 is 76.3 Å². The van der Waals surface area contributed by atoms with E-state index < -0.39 is 0 Å². The molecule has 3 heteroatoms. The highest BCUT2D eigenvalue weighted by Crippen LogP contribution is 2.44. The summed E-state index contributed by atoms with van der Waals surface area (Å²) in [4.78, 5) is 0. The smallest absolute Gasteiger partial charge is 0.159 e. The van der Waals surface area contributed by atoms with Crippen molar-refractivity contribution in [1.82, 2.24) is 9.13 Å². The van der Waals surface area contributed by atoms with Gasteiger partial charge in [0.1, 0.15) is 5.58 Å². The molecular weight excluding hydrogens is 669 g/mol. The molecule has 0 fully saturated rings. The first kappa shape index (κ1) is 30.1. The molecule has 0 saturated heterocycles. The van der Waals surface area contributed by atoms with Gasteiger partial charge in [0, 0.05) is 43.4 Å². The summed E-state index contributed by atoms with van der Waals surface area (Å²) >= 11 is 0. The fourth-order valence-electron chi connectivity index (χ4n) is 9.08. The Morgan fingerprint density at radius 1 is 0.364 bits per heavy atom. The van der Waals surface area contributed by atoms with Gasteiger partial charge in [0.05, 0.1) is 27.8 Å². The maximum atomic E-state index is 6.63. The summed E-state index contributed by atoms with van der Waals surface area (Å²) < 4.78 is 11.5. The lowest BCUT2D eigenvalue weighted by Gasteiger charge is -2.10. The van der Waals surface area contributed by atoms with Gasteiger partial charge in [-0.2, -0.15) is 0 Å². The van der Waals surface area contributed by atoms with Gasteiger partial charge >= 0.3 is 0 Å². The number of furan rings is 1. The molecule has 3 heterocycles. The van der Waals surface area contributed by atoms with Crippen LogP contribution in [0.15, 0.2) is 199 Å². The number of fused-ring (bicyclic) bond motifs is 11. The Morgan fingerprint density at radius 3 is 1.87 bits per heavy atom. The van der Waals surface area contributed by atoms with Gasteiger partial charge in [-0.05, 0) is 82.2 Å². The van der Waals surface area contributed by atoms with Gasteiger partial charge in [-0.25, -0.2) is 0 Å². The molecule has 0 unspecified atom stereocenters. The third-order valence-corrected chi connectivity index (χ3v) is 11.5. The van der Waals surface area contributed by atoms with Crippen molar-refractivity contribution in [2.75, 3.05) is 0 Å². The molecule has 0 saturated carbocycles. The highest BCUT2D eigenvalue weighted by Gasteiger charge is 2.21. The number of hydrogen-bond donors (Lipinski definition) is 0. The first-order chi connectivity index (χ1) is 27.3. The second kappa shape index (κ2) is 11.6. The van der Waals surface area contributed by atoms with Crippen molar-refractivity contribution in [1.29, 1.82) is 0 Å².